The quantitative estimate of drug-likeness (QED) is 0.770. The summed E-state index contributed by atoms with van der Waals surface area (Å²) in [6.45, 7) is 1.93. The molecule has 0 aliphatic heterocycles. The Kier molecular flexibility index (Phi) is 6.60. The number of halogens is 3. The molecule has 0 aliphatic carbocycles. The van der Waals surface area contributed by atoms with Crippen LogP contribution in [-0.4, -0.2) is 23.0 Å². The van der Waals surface area contributed by atoms with E-state index < -0.39 is 23.8 Å². The van der Waals surface area contributed by atoms with E-state index in [9.17, 15) is 22.8 Å². The van der Waals surface area contributed by atoms with Gasteiger partial charge in [-0.2, -0.15) is 13.2 Å². The monoisotopic (exact) mass is 379 g/mol. The smallest absolute Gasteiger partial charge is 0.416 e. The number of aliphatic carboxylic acids is 1. The van der Waals surface area contributed by atoms with Crippen molar-refractivity contribution in [3.63, 3.8) is 0 Å². The third kappa shape index (κ3) is 6.77. The van der Waals surface area contributed by atoms with Crippen molar-refractivity contribution in [1.82, 2.24) is 5.32 Å². The predicted molar refractivity (Wildman–Crippen MR) is 94.2 cm³/mol. The summed E-state index contributed by atoms with van der Waals surface area (Å²) in [4.78, 5) is 23.3. The van der Waals surface area contributed by atoms with Gasteiger partial charge in [0.1, 0.15) is 0 Å². The summed E-state index contributed by atoms with van der Waals surface area (Å²) in [6, 6.07) is 11.2. The molecule has 0 fully saturated rings. The molecule has 0 heterocycles. The summed E-state index contributed by atoms with van der Waals surface area (Å²) in [5.41, 5.74) is 1.60. The zero-order chi connectivity index (χ0) is 20.0. The van der Waals surface area contributed by atoms with Crippen LogP contribution in [0, 0.1) is 6.92 Å². The Morgan fingerprint density at radius 2 is 1.56 bits per heavy atom. The molecule has 0 bridgehead atoms. The van der Waals surface area contributed by atoms with E-state index in [0.717, 1.165) is 23.3 Å². The first-order chi connectivity index (χ1) is 12.6. The van der Waals surface area contributed by atoms with Gasteiger partial charge in [-0.05, 0) is 36.6 Å². The van der Waals surface area contributed by atoms with E-state index in [1.807, 2.05) is 31.2 Å². The second kappa shape index (κ2) is 8.70. The average Bonchev–Trinajstić information content (AvgIpc) is 2.56. The maximum Gasteiger partial charge on any atom is 0.416 e. The zero-order valence-electron chi connectivity index (χ0n) is 14.7. The third-order valence-electron chi connectivity index (χ3n) is 4.03. The second-order valence-corrected chi connectivity index (χ2v) is 6.42. The van der Waals surface area contributed by atoms with Gasteiger partial charge in [-0.15, -0.1) is 0 Å². The van der Waals surface area contributed by atoms with Crippen molar-refractivity contribution in [1.29, 1.82) is 0 Å². The first-order valence-corrected chi connectivity index (χ1v) is 8.36. The molecule has 144 valence electrons. The molecule has 0 unspecified atom stereocenters. The summed E-state index contributed by atoms with van der Waals surface area (Å²) < 4.78 is 37.9. The highest BCUT2D eigenvalue weighted by Crippen LogP contribution is 2.29. The SMILES string of the molecule is Cc1ccc(CC(=O)N[C@@H](CC(=O)O)Cc2ccc(C(F)(F)F)cc2)cc1. The van der Waals surface area contributed by atoms with Crippen LogP contribution in [0.1, 0.15) is 28.7 Å². The Bertz CT molecular complexity index is 784. The van der Waals surface area contributed by atoms with E-state index in [2.05, 4.69) is 5.32 Å². The van der Waals surface area contributed by atoms with Crippen LogP contribution in [-0.2, 0) is 28.6 Å². The molecule has 2 aromatic rings. The fraction of sp³-hybridized carbons (Fsp3) is 0.300. The van der Waals surface area contributed by atoms with Crippen molar-refractivity contribution < 1.29 is 27.9 Å². The molecule has 1 amide bonds. The van der Waals surface area contributed by atoms with Crippen molar-refractivity contribution in [2.45, 2.75) is 38.4 Å². The summed E-state index contributed by atoms with van der Waals surface area (Å²) in [6.07, 6.45) is -4.52. The van der Waals surface area contributed by atoms with Crippen molar-refractivity contribution in [2.24, 2.45) is 0 Å². The number of carbonyl (C=O) groups excluding carboxylic acids is 1. The molecule has 27 heavy (non-hydrogen) atoms. The van der Waals surface area contributed by atoms with Gasteiger partial charge in [0.15, 0.2) is 0 Å². The number of carbonyl (C=O) groups is 2. The van der Waals surface area contributed by atoms with E-state index >= 15 is 0 Å². The van der Waals surface area contributed by atoms with Gasteiger partial charge in [-0.25, -0.2) is 0 Å². The molecule has 0 saturated heterocycles. The van der Waals surface area contributed by atoms with Crippen molar-refractivity contribution >= 4 is 11.9 Å². The molecular weight excluding hydrogens is 359 g/mol. The molecule has 0 aromatic heterocycles. The molecule has 2 aromatic carbocycles. The van der Waals surface area contributed by atoms with Crippen LogP contribution < -0.4 is 5.32 Å². The van der Waals surface area contributed by atoms with Crippen LogP contribution >= 0.6 is 0 Å². The molecule has 2 rings (SSSR count). The van der Waals surface area contributed by atoms with Gasteiger partial charge in [0.25, 0.3) is 0 Å². The van der Waals surface area contributed by atoms with Gasteiger partial charge in [0.2, 0.25) is 5.91 Å². The van der Waals surface area contributed by atoms with E-state index in [-0.39, 0.29) is 25.2 Å². The summed E-state index contributed by atoms with van der Waals surface area (Å²) in [7, 11) is 0. The number of alkyl halides is 3. The minimum atomic E-state index is -4.43. The van der Waals surface area contributed by atoms with Crippen molar-refractivity contribution in [2.75, 3.05) is 0 Å². The molecule has 0 radical (unpaired) electrons. The van der Waals surface area contributed by atoms with E-state index in [0.29, 0.717) is 5.56 Å². The molecule has 7 heteroatoms. The third-order valence-corrected chi connectivity index (χ3v) is 4.03. The largest absolute Gasteiger partial charge is 0.481 e. The lowest BCUT2D eigenvalue weighted by atomic mass is 10.0. The highest BCUT2D eigenvalue weighted by Gasteiger charge is 2.30. The van der Waals surface area contributed by atoms with Gasteiger partial charge in [-0.3, -0.25) is 9.59 Å². The molecular formula is C20H20F3NO3. The normalized spacial score (nSPS) is 12.4. The molecule has 0 saturated carbocycles. The van der Waals surface area contributed by atoms with E-state index in [4.69, 9.17) is 5.11 Å². The van der Waals surface area contributed by atoms with Crippen molar-refractivity contribution in [3.8, 4) is 0 Å². The first kappa shape index (κ1) is 20.5. The Morgan fingerprint density at radius 3 is 2.07 bits per heavy atom. The number of nitrogens with one attached hydrogen (secondary N) is 1. The standard InChI is InChI=1S/C20H20F3NO3/c1-13-2-4-15(5-3-13)11-18(25)24-17(12-19(26)27)10-14-6-8-16(9-7-14)20(21,22)23/h2-9,17H,10-12H2,1H3,(H,24,25)(H,26,27)/t17-/m1/s1. The highest BCUT2D eigenvalue weighted by molar-refractivity contribution is 5.79. The number of carboxylic acid groups (broad SMARTS) is 1. The molecule has 0 aliphatic rings. The fourth-order valence-electron chi connectivity index (χ4n) is 2.67. The Labute approximate surface area is 155 Å². The fourth-order valence-corrected chi connectivity index (χ4v) is 2.67. The Balaban J connectivity index is 2.02. The molecule has 1 atom stereocenters. The lowest BCUT2D eigenvalue weighted by Gasteiger charge is -2.18. The van der Waals surface area contributed by atoms with Crippen molar-refractivity contribution in [3.05, 3.63) is 70.8 Å². The van der Waals surface area contributed by atoms with Gasteiger partial charge in [0, 0.05) is 6.04 Å². The highest BCUT2D eigenvalue weighted by atomic mass is 19.4. The van der Waals surface area contributed by atoms with Gasteiger partial charge >= 0.3 is 12.1 Å². The number of amides is 1. The Hall–Kier alpha value is -2.83. The van der Waals surface area contributed by atoms with Crippen LogP contribution in [0.3, 0.4) is 0 Å². The number of benzene rings is 2. The molecule has 0 spiro atoms. The van der Waals surface area contributed by atoms with Crippen LogP contribution in [0.15, 0.2) is 48.5 Å². The molecule has 4 nitrogen and oxygen atoms in total. The lowest BCUT2D eigenvalue weighted by Crippen LogP contribution is -2.39. The number of hydrogen-bond donors (Lipinski definition) is 2. The predicted octanol–water partition coefficient (Wildman–Crippen LogP) is 3.76. The molecule has 2 N–H and O–H groups in total. The van der Waals surface area contributed by atoms with Crippen LogP contribution in [0.2, 0.25) is 0 Å². The average molecular weight is 379 g/mol. The zero-order valence-corrected chi connectivity index (χ0v) is 14.7. The number of rotatable bonds is 7. The van der Waals surface area contributed by atoms with Gasteiger partial charge in [0.05, 0.1) is 18.4 Å². The first-order valence-electron chi connectivity index (χ1n) is 8.36. The van der Waals surface area contributed by atoms with E-state index in [1.54, 1.807) is 0 Å². The summed E-state index contributed by atoms with van der Waals surface area (Å²) >= 11 is 0. The van der Waals surface area contributed by atoms with Crippen LogP contribution in [0.5, 0.6) is 0 Å². The van der Waals surface area contributed by atoms with E-state index in [1.165, 1.54) is 12.1 Å². The minimum Gasteiger partial charge on any atom is -0.481 e. The van der Waals surface area contributed by atoms with Gasteiger partial charge < -0.3 is 10.4 Å². The minimum absolute atomic E-state index is 0.101. The number of aryl methyl sites for hydroxylation is 1. The van der Waals surface area contributed by atoms with Crippen LogP contribution in [0.4, 0.5) is 13.2 Å². The lowest BCUT2D eigenvalue weighted by molar-refractivity contribution is -0.138. The second-order valence-electron chi connectivity index (χ2n) is 6.42. The topological polar surface area (TPSA) is 66.4 Å². The summed E-state index contributed by atoms with van der Waals surface area (Å²) in [5.74, 6) is -1.43. The Morgan fingerprint density at radius 1 is 1.00 bits per heavy atom. The number of hydrogen-bond acceptors (Lipinski definition) is 2. The maximum atomic E-state index is 12.6. The van der Waals surface area contributed by atoms with Crippen LogP contribution in [0.25, 0.3) is 0 Å². The van der Waals surface area contributed by atoms with Gasteiger partial charge in [-0.1, -0.05) is 42.0 Å². The number of carboxylic acids is 1. The summed E-state index contributed by atoms with van der Waals surface area (Å²) in [5, 5.41) is 11.7. The maximum absolute atomic E-state index is 12.6.